The summed E-state index contributed by atoms with van der Waals surface area (Å²) in [6, 6.07) is 8.13. The quantitative estimate of drug-likeness (QED) is 0.471. The largest absolute Gasteiger partial charge is 0.508 e. The summed E-state index contributed by atoms with van der Waals surface area (Å²) in [4.78, 5) is 12.5. The second kappa shape index (κ2) is 4.80. The maximum atomic E-state index is 12.5. The van der Waals surface area contributed by atoms with E-state index in [0.717, 1.165) is 5.56 Å². The topological polar surface area (TPSA) is 93.0 Å². The van der Waals surface area contributed by atoms with E-state index in [1.54, 1.807) is 12.1 Å². The Morgan fingerprint density at radius 3 is 2.65 bits per heavy atom. The van der Waals surface area contributed by atoms with E-state index in [4.69, 9.17) is 13.6 Å². The number of rotatable bonds is 0. The van der Waals surface area contributed by atoms with Crippen LogP contribution >= 0.6 is 0 Å². The molecular formula is C20H16O6. The fraction of sp³-hybridized carbons (Fsp3) is 0.250. The lowest BCUT2D eigenvalue weighted by molar-refractivity contribution is -0.0410. The van der Waals surface area contributed by atoms with Crippen molar-refractivity contribution in [3.63, 3.8) is 0 Å². The maximum absolute atomic E-state index is 12.5. The van der Waals surface area contributed by atoms with Gasteiger partial charge in [0.25, 0.3) is 0 Å². The lowest BCUT2D eigenvalue weighted by Gasteiger charge is -2.36. The second-order valence-corrected chi connectivity index (χ2v) is 7.26. The van der Waals surface area contributed by atoms with Gasteiger partial charge >= 0.3 is 5.63 Å². The van der Waals surface area contributed by atoms with Crippen LogP contribution < -0.4 is 10.4 Å². The van der Waals surface area contributed by atoms with Crippen LogP contribution in [0.3, 0.4) is 0 Å². The smallest absolute Gasteiger partial charge is 0.348 e. The molecule has 0 fully saturated rings. The minimum atomic E-state index is -0.698. The number of phenols is 1. The third-order valence-corrected chi connectivity index (χ3v) is 5.08. The molecule has 1 aliphatic rings. The van der Waals surface area contributed by atoms with Crippen molar-refractivity contribution in [1.82, 2.24) is 0 Å². The lowest BCUT2D eigenvalue weighted by Crippen LogP contribution is -2.46. The zero-order valence-electron chi connectivity index (χ0n) is 14.2. The number of hydrogen-bond donors (Lipinski definition) is 2. The van der Waals surface area contributed by atoms with E-state index in [1.807, 2.05) is 19.9 Å². The molecule has 0 radical (unpaired) electrons. The van der Waals surface area contributed by atoms with Crippen molar-refractivity contribution >= 4 is 32.9 Å². The van der Waals surface area contributed by atoms with Crippen LogP contribution in [0.4, 0.5) is 0 Å². The number of benzene rings is 2. The molecule has 0 saturated carbocycles. The van der Waals surface area contributed by atoms with E-state index < -0.39 is 17.3 Å². The van der Waals surface area contributed by atoms with Crippen LogP contribution in [-0.2, 0) is 6.42 Å². The maximum Gasteiger partial charge on any atom is 0.348 e. The number of hydrogen-bond acceptors (Lipinski definition) is 6. The molecule has 1 aliphatic heterocycles. The Kier molecular flexibility index (Phi) is 2.82. The number of fused-ring (bicyclic) bond motifs is 6. The molecule has 6 nitrogen and oxygen atoms in total. The first-order valence-electron chi connectivity index (χ1n) is 8.35. The number of ether oxygens (including phenoxy) is 1. The zero-order chi connectivity index (χ0) is 18.2. The van der Waals surface area contributed by atoms with Crippen LogP contribution in [0, 0.1) is 0 Å². The van der Waals surface area contributed by atoms with Gasteiger partial charge in [0.15, 0.2) is 5.58 Å². The predicted octanol–water partition coefficient (Wildman–Crippen LogP) is 3.47. The van der Waals surface area contributed by atoms with Crippen molar-refractivity contribution in [2.24, 2.45) is 0 Å². The standard InChI is InChI=1S/C20H16O6/c1-20(2)16(22)6-9-5-12-15(8-13(9)26-20)24-18-11-4-3-10(21)7-14(11)25-19(23)17(12)18/h3-5,7-8,16,21-22H,6H2,1-2H3/t16-/m0/s1. The van der Waals surface area contributed by atoms with Crippen molar-refractivity contribution in [2.45, 2.75) is 32.0 Å². The number of aromatic hydroxyl groups is 1. The molecule has 2 N–H and O–H groups in total. The molecule has 4 aromatic rings. The molecule has 0 amide bonds. The highest BCUT2D eigenvalue weighted by atomic mass is 16.5. The molecule has 26 heavy (non-hydrogen) atoms. The molecule has 2 aromatic heterocycles. The summed E-state index contributed by atoms with van der Waals surface area (Å²) in [5, 5.41) is 21.5. The molecule has 0 aliphatic carbocycles. The Balaban J connectivity index is 1.87. The third kappa shape index (κ3) is 1.99. The average Bonchev–Trinajstić information content (AvgIpc) is 2.92. The SMILES string of the molecule is CC1(C)Oc2cc3oc4c5ccc(O)cc5oc(=O)c4c3cc2C[C@@H]1O. The monoisotopic (exact) mass is 352 g/mol. The molecule has 0 saturated heterocycles. The Morgan fingerprint density at radius 2 is 1.85 bits per heavy atom. The lowest BCUT2D eigenvalue weighted by atomic mass is 9.90. The van der Waals surface area contributed by atoms with Gasteiger partial charge in [-0.05, 0) is 37.6 Å². The van der Waals surface area contributed by atoms with Crippen molar-refractivity contribution in [3.8, 4) is 11.5 Å². The molecule has 0 spiro atoms. The van der Waals surface area contributed by atoms with Gasteiger partial charge in [-0.2, -0.15) is 0 Å². The fourth-order valence-electron chi connectivity index (χ4n) is 3.56. The fourth-order valence-corrected chi connectivity index (χ4v) is 3.56. The molecular weight excluding hydrogens is 336 g/mol. The van der Waals surface area contributed by atoms with E-state index >= 15 is 0 Å². The van der Waals surface area contributed by atoms with Gasteiger partial charge in [-0.15, -0.1) is 0 Å². The van der Waals surface area contributed by atoms with Crippen LogP contribution in [0.1, 0.15) is 19.4 Å². The van der Waals surface area contributed by atoms with E-state index in [1.165, 1.54) is 12.1 Å². The van der Waals surface area contributed by atoms with E-state index in [2.05, 4.69) is 0 Å². The number of furan rings is 1. The molecule has 5 rings (SSSR count). The Labute approximate surface area is 147 Å². The molecule has 132 valence electrons. The van der Waals surface area contributed by atoms with Crippen molar-refractivity contribution in [3.05, 3.63) is 46.3 Å². The summed E-state index contributed by atoms with van der Waals surface area (Å²) < 4.78 is 17.3. The van der Waals surface area contributed by atoms with Gasteiger partial charge < -0.3 is 23.8 Å². The minimum Gasteiger partial charge on any atom is -0.508 e. The summed E-state index contributed by atoms with van der Waals surface area (Å²) in [7, 11) is 0. The van der Waals surface area contributed by atoms with Crippen molar-refractivity contribution in [2.75, 3.05) is 0 Å². The summed E-state index contributed by atoms with van der Waals surface area (Å²) in [5.74, 6) is 0.648. The van der Waals surface area contributed by atoms with E-state index in [9.17, 15) is 15.0 Å². The Hall–Kier alpha value is -2.99. The minimum absolute atomic E-state index is 0.0104. The number of phenolic OH excluding ortho intramolecular Hbond substituents is 1. The van der Waals surface area contributed by atoms with E-state index in [-0.39, 0.29) is 11.3 Å². The van der Waals surface area contributed by atoms with Crippen LogP contribution in [0.25, 0.3) is 32.9 Å². The average molecular weight is 352 g/mol. The van der Waals surface area contributed by atoms with Crippen LogP contribution in [0.5, 0.6) is 11.5 Å². The molecule has 0 unspecified atom stereocenters. The molecule has 0 bridgehead atoms. The van der Waals surface area contributed by atoms with Crippen LogP contribution in [0.2, 0.25) is 0 Å². The summed E-state index contributed by atoms with van der Waals surface area (Å²) in [6.07, 6.45) is -0.219. The van der Waals surface area contributed by atoms with E-state index in [0.29, 0.717) is 39.5 Å². The molecule has 2 aromatic carbocycles. The highest BCUT2D eigenvalue weighted by Gasteiger charge is 2.36. The Morgan fingerprint density at radius 1 is 1.08 bits per heavy atom. The summed E-state index contributed by atoms with van der Waals surface area (Å²) in [6.45, 7) is 3.66. The van der Waals surface area contributed by atoms with Crippen LogP contribution in [0.15, 0.2) is 44.0 Å². The van der Waals surface area contributed by atoms with Gasteiger partial charge in [0, 0.05) is 23.9 Å². The van der Waals surface area contributed by atoms with Gasteiger partial charge in [-0.3, -0.25) is 0 Å². The van der Waals surface area contributed by atoms with Gasteiger partial charge in [-0.1, -0.05) is 0 Å². The first kappa shape index (κ1) is 15.3. The van der Waals surface area contributed by atoms with Gasteiger partial charge in [0.2, 0.25) is 0 Å². The Bertz CT molecular complexity index is 1260. The highest BCUT2D eigenvalue weighted by Crippen LogP contribution is 2.40. The van der Waals surface area contributed by atoms with Gasteiger partial charge in [0.1, 0.15) is 33.7 Å². The van der Waals surface area contributed by atoms with Crippen LogP contribution in [-0.4, -0.2) is 21.9 Å². The molecule has 3 heterocycles. The van der Waals surface area contributed by atoms with Gasteiger partial charge in [0.05, 0.1) is 11.5 Å². The third-order valence-electron chi connectivity index (χ3n) is 5.08. The molecule has 1 atom stereocenters. The highest BCUT2D eigenvalue weighted by molar-refractivity contribution is 6.13. The first-order chi connectivity index (χ1) is 12.3. The predicted molar refractivity (Wildman–Crippen MR) is 95.8 cm³/mol. The second-order valence-electron chi connectivity index (χ2n) is 7.26. The molecule has 6 heteroatoms. The number of aliphatic hydroxyl groups excluding tert-OH is 1. The van der Waals surface area contributed by atoms with Crippen molar-refractivity contribution in [1.29, 1.82) is 0 Å². The summed E-state index contributed by atoms with van der Waals surface area (Å²) >= 11 is 0. The normalized spacial score (nSPS) is 19.0. The zero-order valence-corrected chi connectivity index (χ0v) is 14.2. The first-order valence-corrected chi connectivity index (χ1v) is 8.35. The van der Waals surface area contributed by atoms with Crippen molar-refractivity contribution < 1.29 is 23.8 Å². The number of aliphatic hydroxyl groups is 1. The van der Waals surface area contributed by atoms with Gasteiger partial charge in [-0.25, -0.2) is 4.79 Å². The summed E-state index contributed by atoms with van der Waals surface area (Å²) in [5.41, 5.74) is 0.772.